The quantitative estimate of drug-likeness (QED) is 0.274. The topological polar surface area (TPSA) is 155 Å². The van der Waals surface area contributed by atoms with Gasteiger partial charge in [-0.25, -0.2) is 17.7 Å². The number of alkyl halides is 3. The highest BCUT2D eigenvalue weighted by molar-refractivity contribution is 7.45. The monoisotopic (exact) mass is 505 g/mol. The van der Waals surface area contributed by atoms with Crippen LogP contribution in [0.3, 0.4) is 0 Å². The van der Waals surface area contributed by atoms with Gasteiger partial charge in [-0.2, -0.15) is 13.2 Å². The number of nitrogens with zero attached hydrogens (tertiary/aromatic N) is 4. The van der Waals surface area contributed by atoms with Crippen LogP contribution in [0.4, 0.5) is 26.3 Å². The Kier molecular flexibility index (Phi) is 8.24. The van der Waals surface area contributed by atoms with Crippen LogP contribution in [0.5, 0.6) is 0 Å². The van der Waals surface area contributed by atoms with Crippen molar-refractivity contribution in [3.8, 4) is 0 Å². The second-order valence-electron chi connectivity index (χ2n) is 6.94. The number of phosphoric acid groups is 1. The summed E-state index contributed by atoms with van der Waals surface area (Å²) in [6.45, 7) is -0.302. The highest BCUT2D eigenvalue weighted by Gasteiger charge is 2.40. The molecule has 5 N–H and O–H groups in total. The zero-order valence-electron chi connectivity index (χ0n) is 16.5. The first-order valence-electron chi connectivity index (χ1n) is 9.00. The molecule has 0 saturated carbocycles. The molecule has 10 nitrogen and oxygen atoms in total. The van der Waals surface area contributed by atoms with Gasteiger partial charge in [-0.15, -0.1) is 10.2 Å². The molecule has 17 heteroatoms. The number of hydrogen-bond donors (Lipinski definition) is 4. The van der Waals surface area contributed by atoms with Gasteiger partial charge in [-0.3, -0.25) is 4.79 Å². The van der Waals surface area contributed by atoms with Crippen LogP contribution in [-0.4, -0.2) is 52.8 Å². The molecule has 1 atom stereocenters. The van der Waals surface area contributed by atoms with Crippen LogP contribution in [0.2, 0.25) is 0 Å². The van der Waals surface area contributed by atoms with E-state index in [4.69, 9.17) is 25.0 Å². The SMILES string of the molecule is NC(CC(=O)N1CCn2c(nnc2C(F)(F)F)C1)Cc1cc(F)c(F)cc1F.O=P(O)(O)O. The summed E-state index contributed by atoms with van der Waals surface area (Å²) in [5.41, 5.74) is 5.64. The van der Waals surface area contributed by atoms with E-state index < -0.39 is 49.2 Å². The number of hydrogen-bond acceptors (Lipinski definition) is 5. The van der Waals surface area contributed by atoms with Gasteiger partial charge in [-0.05, 0) is 18.1 Å². The van der Waals surface area contributed by atoms with Gasteiger partial charge in [0, 0.05) is 31.6 Å². The number of aromatic nitrogens is 3. The number of benzene rings is 1. The highest BCUT2D eigenvalue weighted by atomic mass is 31.2. The van der Waals surface area contributed by atoms with Crippen molar-refractivity contribution in [1.82, 2.24) is 19.7 Å². The van der Waals surface area contributed by atoms with E-state index in [1.165, 1.54) is 4.90 Å². The first kappa shape index (κ1) is 26.7. The number of halogens is 6. The third-order valence-corrected chi connectivity index (χ3v) is 4.37. The molecule has 1 aliphatic rings. The van der Waals surface area contributed by atoms with Gasteiger partial charge in [0.05, 0.1) is 6.54 Å². The molecule has 0 spiro atoms. The molecule has 0 saturated heterocycles. The largest absolute Gasteiger partial charge is 0.466 e. The Hall–Kier alpha value is -2.52. The Balaban J connectivity index is 0.000000696. The van der Waals surface area contributed by atoms with Crippen molar-refractivity contribution in [2.24, 2.45) is 5.73 Å². The van der Waals surface area contributed by atoms with Crippen molar-refractivity contribution < 1.29 is 50.4 Å². The van der Waals surface area contributed by atoms with Crippen LogP contribution < -0.4 is 5.73 Å². The fraction of sp³-hybridized carbons (Fsp3) is 0.438. The van der Waals surface area contributed by atoms with E-state index in [-0.39, 0.29) is 43.9 Å². The first-order chi connectivity index (χ1) is 15.1. The predicted octanol–water partition coefficient (Wildman–Crippen LogP) is 1.09. The lowest BCUT2D eigenvalue weighted by molar-refractivity contribution is -0.148. The van der Waals surface area contributed by atoms with Gasteiger partial charge >= 0.3 is 14.0 Å². The molecule has 2 aromatic rings. The van der Waals surface area contributed by atoms with Gasteiger partial charge in [0.1, 0.15) is 5.82 Å². The summed E-state index contributed by atoms with van der Waals surface area (Å²) >= 11 is 0. The first-order valence-corrected chi connectivity index (χ1v) is 10.6. The molecule has 1 aliphatic heterocycles. The zero-order chi connectivity index (χ0) is 25.1. The molecule has 0 fully saturated rings. The third-order valence-electron chi connectivity index (χ3n) is 4.37. The molecule has 1 unspecified atom stereocenters. The smallest absolute Gasteiger partial charge is 0.333 e. The van der Waals surface area contributed by atoms with Crippen LogP contribution in [-0.2, 0) is 35.0 Å². The van der Waals surface area contributed by atoms with E-state index in [1.54, 1.807) is 0 Å². The van der Waals surface area contributed by atoms with Crippen LogP contribution in [0.15, 0.2) is 12.1 Å². The second-order valence-corrected chi connectivity index (χ2v) is 7.97. The summed E-state index contributed by atoms with van der Waals surface area (Å²) in [5.74, 6) is -5.15. The van der Waals surface area contributed by atoms with Crippen molar-refractivity contribution in [3.05, 3.63) is 46.8 Å². The number of carbonyl (C=O) groups is 1. The third kappa shape index (κ3) is 7.78. The number of fused-ring (bicyclic) bond motifs is 1. The summed E-state index contributed by atoms with van der Waals surface area (Å²) in [6.07, 6.45) is -5.11. The van der Waals surface area contributed by atoms with Crippen molar-refractivity contribution in [2.75, 3.05) is 6.54 Å². The van der Waals surface area contributed by atoms with Crippen LogP contribution in [0.1, 0.15) is 23.6 Å². The van der Waals surface area contributed by atoms with Gasteiger partial charge in [0.25, 0.3) is 0 Å². The zero-order valence-corrected chi connectivity index (χ0v) is 17.4. The van der Waals surface area contributed by atoms with Crippen molar-refractivity contribution in [3.63, 3.8) is 0 Å². The van der Waals surface area contributed by atoms with Crippen LogP contribution in [0.25, 0.3) is 0 Å². The lowest BCUT2D eigenvalue weighted by atomic mass is 10.0. The summed E-state index contributed by atoms with van der Waals surface area (Å²) in [5, 5.41) is 6.60. The van der Waals surface area contributed by atoms with Crippen molar-refractivity contribution in [2.45, 2.75) is 38.1 Å². The molecule has 1 aromatic carbocycles. The van der Waals surface area contributed by atoms with E-state index >= 15 is 0 Å². The Morgan fingerprint density at radius 2 is 1.67 bits per heavy atom. The number of carbonyl (C=O) groups excluding carboxylic acids is 1. The molecule has 0 radical (unpaired) electrons. The predicted molar refractivity (Wildman–Crippen MR) is 97.3 cm³/mol. The van der Waals surface area contributed by atoms with E-state index in [9.17, 15) is 31.1 Å². The van der Waals surface area contributed by atoms with E-state index in [0.717, 1.165) is 4.57 Å². The molecule has 2 heterocycles. The average molecular weight is 505 g/mol. The van der Waals surface area contributed by atoms with Gasteiger partial charge in [-0.1, -0.05) is 0 Å². The maximum Gasteiger partial charge on any atom is 0.466 e. The van der Waals surface area contributed by atoms with E-state index in [2.05, 4.69) is 10.2 Å². The summed E-state index contributed by atoms with van der Waals surface area (Å²) < 4.78 is 88.1. The molecule has 33 heavy (non-hydrogen) atoms. The molecular weight excluding hydrogens is 487 g/mol. The van der Waals surface area contributed by atoms with Crippen molar-refractivity contribution >= 4 is 13.7 Å². The summed E-state index contributed by atoms with van der Waals surface area (Å²) in [7, 11) is -4.64. The number of amides is 1. The minimum atomic E-state index is -4.64. The number of nitrogens with two attached hydrogens (primary N) is 1. The molecule has 3 rings (SSSR count). The molecule has 0 aliphatic carbocycles. The summed E-state index contributed by atoms with van der Waals surface area (Å²) in [4.78, 5) is 35.2. The van der Waals surface area contributed by atoms with E-state index in [1.807, 2.05) is 0 Å². The Labute approximate surface area is 181 Å². The maximum absolute atomic E-state index is 13.7. The van der Waals surface area contributed by atoms with Gasteiger partial charge < -0.3 is 29.9 Å². The minimum Gasteiger partial charge on any atom is -0.333 e. The fourth-order valence-electron chi connectivity index (χ4n) is 3.01. The molecule has 1 amide bonds. The van der Waals surface area contributed by atoms with Gasteiger partial charge in [0.15, 0.2) is 17.5 Å². The van der Waals surface area contributed by atoms with Gasteiger partial charge in [0.2, 0.25) is 11.7 Å². The van der Waals surface area contributed by atoms with E-state index in [0.29, 0.717) is 12.1 Å². The molecular formula is C16H18F6N5O5P. The fourth-order valence-corrected chi connectivity index (χ4v) is 3.01. The average Bonchev–Trinajstić information content (AvgIpc) is 3.08. The Morgan fingerprint density at radius 1 is 1.09 bits per heavy atom. The second kappa shape index (κ2) is 10.2. The lowest BCUT2D eigenvalue weighted by Crippen LogP contribution is -2.42. The lowest BCUT2D eigenvalue weighted by Gasteiger charge is -2.29. The maximum atomic E-state index is 13.7. The molecule has 1 aromatic heterocycles. The molecule has 184 valence electrons. The summed E-state index contributed by atoms with van der Waals surface area (Å²) in [6, 6.07) is 0.184. The van der Waals surface area contributed by atoms with Crippen LogP contribution >= 0.6 is 7.82 Å². The Morgan fingerprint density at radius 3 is 2.24 bits per heavy atom. The normalized spacial score (nSPS) is 14.9. The highest BCUT2D eigenvalue weighted by Crippen LogP contribution is 2.29. The standard InChI is InChI=1S/C16H15F6N5O.H3O4P/c17-10-6-12(19)11(18)4-8(10)3-9(23)5-14(28)26-1-2-27-13(7-26)24-25-15(27)16(20,21)22;1-5(2,3)4/h4,6,9H,1-3,5,7,23H2;(H3,1,2,3,4). The minimum absolute atomic E-state index is 0.000783. The number of rotatable bonds is 4. The van der Waals surface area contributed by atoms with Crippen LogP contribution in [0, 0.1) is 17.5 Å². The van der Waals surface area contributed by atoms with Crippen molar-refractivity contribution in [1.29, 1.82) is 0 Å². The molecule has 0 bridgehead atoms. The Bertz CT molecular complexity index is 1050.